The number of imide groups is 1. The van der Waals surface area contributed by atoms with Crippen LogP contribution in [-0.4, -0.2) is 23.0 Å². The Balaban J connectivity index is 1.26. The number of anilines is 2. The van der Waals surface area contributed by atoms with Gasteiger partial charge in [-0.2, -0.15) is 0 Å². The molecule has 174 valence electrons. The van der Waals surface area contributed by atoms with Gasteiger partial charge in [0, 0.05) is 22.6 Å². The van der Waals surface area contributed by atoms with Crippen molar-refractivity contribution in [3.05, 3.63) is 102 Å². The van der Waals surface area contributed by atoms with E-state index in [1.807, 2.05) is 98.8 Å². The Kier molecular flexibility index (Phi) is 6.14. The molecule has 0 spiro atoms. The van der Waals surface area contributed by atoms with Crippen molar-refractivity contribution in [1.82, 2.24) is 0 Å². The van der Waals surface area contributed by atoms with Crippen LogP contribution >= 0.6 is 11.8 Å². The van der Waals surface area contributed by atoms with Gasteiger partial charge in [0.2, 0.25) is 11.8 Å². The van der Waals surface area contributed by atoms with Crippen molar-refractivity contribution in [1.29, 1.82) is 0 Å². The maximum atomic E-state index is 13.1. The maximum absolute atomic E-state index is 13.1. The minimum atomic E-state index is -0.473. The van der Waals surface area contributed by atoms with Gasteiger partial charge in [-0.05, 0) is 72.1 Å². The molecule has 3 amide bonds. The van der Waals surface area contributed by atoms with Gasteiger partial charge in [0.1, 0.15) is 0 Å². The average Bonchev–Trinajstić information content (AvgIpc) is 3.12. The monoisotopic (exact) mass is 480 g/mol. The van der Waals surface area contributed by atoms with Crippen LogP contribution < -0.4 is 10.2 Å². The first-order chi connectivity index (χ1) is 16.9. The zero-order valence-corrected chi connectivity index (χ0v) is 20.3. The number of hydrogen-bond acceptors (Lipinski definition) is 4. The Labute approximate surface area is 208 Å². The van der Waals surface area contributed by atoms with Gasteiger partial charge in [-0.15, -0.1) is 11.8 Å². The second-order valence-electron chi connectivity index (χ2n) is 8.66. The van der Waals surface area contributed by atoms with Crippen LogP contribution in [0.25, 0.3) is 10.8 Å². The SMILES string of the molecule is Cc1cccc(C)c1N1C(=O)CC(Sc2ccc(NC(=O)c3ccc4ccccc4c3)cc2)C1=O. The molecule has 1 fully saturated rings. The number of rotatable bonds is 5. The van der Waals surface area contributed by atoms with Crippen LogP contribution in [0.15, 0.2) is 89.8 Å². The highest BCUT2D eigenvalue weighted by atomic mass is 32.2. The molecule has 5 nitrogen and oxygen atoms in total. The summed E-state index contributed by atoms with van der Waals surface area (Å²) in [5, 5.41) is 4.55. The third-order valence-electron chi connectivity index (χ3n) is 6.17. The minimum absolute atomic E-state index is 0.164. The molecule has 5 rings (SSSR count). The third-order valence-corrected chi connectivity index (χ3v) is 7.37. The van der Waals surface area contributed by atoms with Gasteiger partial charge in [-0.3, -0.25) is 14.4 Å². The second-order valence-corrected chi connectivity index (χ2v) is 9.93. The zero-order chi connectivity index (χ0) is 24.5. The molecule has 0 aromatic heterocycles. The molecule has 0 aliphatic carbocycles. The summed E-state index contributed by atoms with van der Waals surface area (Å²) in [4.78, 5) is 40.8. The lowest BCUT2D eigenvalue weighted by atomic mass is 10.1. The summed E-state index contributed by atoms with van der Waals surface area (Å²) in [5.41, 5.74) is 3.76. The molecule has 6 heteroatoms. The molecule has 1 saturated heterocycles. The molecule has 1 unspecified atom stereocenters. The van der Waals surface area contributed by atoms with E-state index in [-0.39, 0.29) is 24.1 Å². The lowest BCUT2D eigenvalue weighted by Crippen LogP contribution is -2.32. The standard InChI is InChI=1S/C29H24N2O3S/c1-18-6-5-7-19(2)27(18)31-26(32)17-25(29(31)34)35-24-14-12-23(13-15-24)30-28(33)22-11-10-20-8-3-4-9-21(20)16-22/h3-16,25H,17H2,1-2H3,(H,30,33). The zero-order valence-electron chi connectivity index (χ0n) is 19.4. The smallest absolute Gasteiger partial charge is 0.255 e. The molecule has 1 N–H and O–H groups in total. The molecule has 0 bridgehead atoms. The van der Waals surface area contributed by atoms with Gasteiger partial charge in [0.05, 0.1) is 10.9 Å². The molecule has 0 saturated carbocycles. The summed E-state index contributed by atoms with van der Waals surface area (Å²) < 4.78 is 0. The van der Waals surface area contributed by atoms with Crippen LogP contribution in [0.3, 0.4) is 0 Å². The van der Waals surface area contributed by atoms with E-state index in [9.17, 15) is 14.4 Å². The fraction of sp³-hybridized carbons (Fsp3) is 0.138. The van der Waals surface area contributed by atoms with Gasteiger partial charge in [-0.25, -0.2) is 4.90 Å². The van der Waals surface area contributed by atoms with Crippen LogP contribution in [-0.2, 0) is 9.59 Å². The Morgan fingerprint density at radius 3 is 2.26 bits per heavy atom. The van der Waals surface area contributed by atoms with Crippen molar-refractivity contribution in [3.8, 4) is 0 Å². The lowest BCUT2D eigenvalue weighted by Gasteiger charge is -2.19. The lowest BCUT2D eigenvalue weighted by molar-refractivity contribution is -0.121. The second kappa shape index (κ2) is 9.39. The highest BCUT2D eigenvalue weighted by Gasteiger charge is 2.41. The van der Waals surface area contributed by atoms with E-state index in [0.29, 0.717) is 16.9 Å². The molecule has 4 aromatic rings. The Bertz CT molecular complexity index is 1440. The molecule has 1 atom stereocenters. The van der Waals surface area contributed by atoms with Crippen molar-refractivity contribution < 1.29 is 14.4 Å². The highest BCUT2D eigenvalue weighted by Crippen LogP contribution is 2.36. The summed E-state index contributed by atoms with van der Waals surface area (Å²) in [5.74, 6) is -0.549. The maximum Gasteiger partial charge on any atom is 0.255 e. The van der Waals surface area contributed by atoms with E-state index < -0.39 is 5.25 Å². The summed E-state index contributed by atoms with van der Waals surface area (Å²) in [6, 6.07) is 26.6. The highest BCUT2D eigenvalue weighted by molar-refractivity contribution is 8.00. The average molecular weight is 481 g/mol. The number of hydrogen-bond donors (Lipinski definition) is 1. The number of nitrogens with zero attached hydrogens (tertiary/aromatic N) is 1. The van der Waals surface area contributed by atoms with E-state index in [0.717, 1.165) is 26.8 Å². The number of carbonyl (C=O) groups excluding carboxylic acids is 3. The first kappa shape index (κ1) is 22.9. The topological polar surface area (TPSA) is 66.5 Å². The molecule has 1 heterocycles. The molecule has 1 aliphatic rings. The van der Waals surface area contributed by atoms with Crippen LogP contribution in [0.2, 0.25) is 0 Å². The third kappa shape index (κ3) is 4.57. The van der Waals surface area contributed by atoms with Gasteiger partial charge in [0.15, 0.2) is 0 Å². The van der Waals surface area contributed by atoms with E-state index in [4.69, 9.17) is 0 Å². The van der Waals surface area contributed by atoms with E-state index >= 15 is 0 Å². The summed E-state index contributed by atoms with van der Waals surface area (Å²) in [6.45, 7) is 3.82. The Morgan fingerprint density at radius 2 is 1.54 bits per heavy atom. The Hall–Kier alpha value is -3.90. The summed E-state index contributed by atoms with van der Waals surface area (Å²) in [6.07, 6.45) is 0.164. The molecular weight excluding hydrogens is 456 g/mol. The van der Waals surface area contributed by atoms with Crippen LogP contribution in [0.4, 0.5) is 11.4 Å². The van der Waals surface area contributed by atoms with Crippen molar-refractivity contribution in [3.63, 3.8) is 0 Å². The number of fused-ring (bicyclic) bond motifs is 1. The van der Waals surface area contributed by atoms with Gasteiger partial charge < -0.3 is 5.32 Å². The molecular formula is C29H24N2O3S. The largest absolute Gasteiger partial charge is 0.322 e. The summed E-state index contributed by atoms with van der Waals surface area (Å²) in [7, 11) is 0. The molecule has 35 heavy (non-hydrogen) atoms. The summed E-state index contributed by atoms with van der Waals surface area (Å²) >= 11 is 1.37. The number of benzene rings is 4. The molecule has 4 aromatic carbocycles. The van der Waals surface area contributed by atoms with Crippen molar-refractivity contribution in [2.75, 3.05) is 10.2 Å². The van der Waals surface area contributed by atoms with Crippen LogP contribution in [0.1, 0.15) is 27.9 Å². The van der Waals surface area contributed by atoms with Gasteiger partial charge in [0.25, 0.3) is 5.91 Å². The van der Waals surface area contributed by atoms with E-state index in [2.05, 4.69) is 5.32 Å². The van der Waals surface area contributed by atoms with Crippen molar-refractivity contribution >= 4 is 51.6 Å². The number of para-hydroxylation sites is 1. The first-order valence-corrected chi connectivity index (χ1v) is 12.3. The molecule has 1 aliphatic heterocycles. The van der Waals surface area contributed by atoms with Gasteiger partial charge >= 0.3 is 0 Å². The predicted octanol–water partition coefficient (Wildman–Crippen LogP) is 6.13. The normalized spacial score (nSPS) is 15.6. The van der Waals surface area contributed by atoms with Crippen molar-refractivity contribution in [2.24, 2.45) is 0 Å². The number of aryl methyl sites for hydroxylation is 2. The number of amides is 3. The number of thioether (sulfide) groups is 1. The van der Waals surface area contributed by atoms with E-state index in [1.165, 1.54) is 16.7 Å². The van der Waals surface area contributed by atoms with Crippen LogP contribution in [0, 0.1) is 13.8 Å². The quantitative estimate of drug-likeness (QED) is 0.349. The number of carbonyl (C=O) groups is 3. The molecule has 0 radical (unpaired) electrons. The minimum Gasteiger partial charge on any atom is -0.322 e. The fourth-order valence-corrected chi connectivity index (χ4v) is 5.46. The van der Waals surface area contributed by atoms with Crippen molar-refractivity contribution in [2.45, 2.75) is 30.4 Å². The number of nitrogens with one attached hydrogen (secondary N) is 1. The van der Waals surface area contributed by atoms with E-state index in [1.54, 1.807) is 0 Å². The predicted molar refractivity (Wildman–Crippen MR) is 141 cm³/mol. The van der Waals surface area contributed by atoms with Crippen LogP contribution in [0.5, 0.6) is 0 Å². The fourth-order valence-electron chi connectivity index (χ4n) is 4.40. The first-order valence-electron chi connectivity index (χ1n) is 11.4. The Morgan fingerprint density at radius 1 is 0.857 bits per heavy atom. The van der Waals surface area contributed by atoms with Gasteiger partial charge in [-0.1, -0.05) is 48.5 Å².